The molecule has 0 aliphatic carbocycles. The molecule has 1 N–H and O–H groups in total. The number of para-hydroxylation sites is 1. The van der Waals surface area contributed by atoms with E-state index >= 15 is 0 Å². The molecule has 0 saturated heterocycles. The lowest BCUT2D eigenvalue weighted by atomic mass is 9.99. The number of nitrogens with one attached hydrogen (secondary N) is 1. The molecule has 0 spiro atoms. The van der Waals surface area contributed by atoms with Crippen molar-refractivity contribution in [1.29, 1.82) is 0 Å². The average Bonchev–Trinajstić information content (AvgIpc) is 3.15. The Kier molecular flexibility index (Phi) is 5.19. The van der Waals surface area contributed by atoms with E-state index in [2.05, 4.69) is 17.4 Å². The molecule has 1 heterocycles. The Labute approximate surface area is 169 Å². The molecule has 0 radical (unpaired) electrons. The molecular formula is C22H18ClN3S. The maximum absolute atomic E-state index is 6.18. The van der Waals surface area contributed by atoms with Crippen molar-refractivity contribution in [1.82, 2.24) is 5.01 Å². The summed E-state index contributed by atoms with van der Waals surface area (Å²) in [4.78, 5) is 0. The summed E-state index contributed by atoms with van der Waals surface area (Å²) in [6.45, 7) is 0. The van der Waals surface area contributed by atoms with E-state index < -0.39 is 0 Å². The number of nitrogens with zero attached hydrogens (tertiary/aromatic N) is 2. The highest BCUT2D eigenvalue weighted by molar-refractivity contribution is 7.80. The van der Waals surface area contributed by atoms with Crippen molar-refractivity contribution in [2.45, 2.75) is 12.5 Å². The van der Waals surface area contributed by atoms with Crippen molar-refractivity contribution in [2.24, 2.45) is 5.10 Å². The number of anilines is 1. The molecule has 1 aliphatic heterocycles. The monoisotopic (exact) mass is 391 g/mol. The number of rotatable bonds is 3. The third-order valence-electron chi connectivity index (χ3n) is 4.49. The van der Waals surface area contributed by atoms with E-state index in [0.29, 0.717) is 10.1 Å². The molecule has 4 rings (SSSR count). The van der Waals surface area contributed by atoms with E-state index in [-0.39, 0.29) is 6.04 Å². The van der Waals surface area contributed by atoms with Crippen LogP contribution in [0.25, 0.3) is 0 Å². The fraction of sp³-hybridized carbons (Fsp3) is 0.0909. The van der Waals surface area contributed by atoms with Crippen molar-refractivity contribution in [3.05, 3.63) is 101 Å². The molecule has 5 heteroatoms. The van der Waals surface area contributed by atoms with E-state index in [0.717, 1.165) is 23.4 Å². The Morgan fingerprint density at radius 1 is 0.963 bits per heavy atom. The van der Waals surface area contributed by atoms with Crippen molar-refractivity contribution in [3.8, 4) is 0 Å². The number of hydrogen-bond donors (Lipinski definition) is 1. The number of benzene rings is 3. The molecule has 27 heavy (non-hydrogen) atoms. The molecule has 3 aromatic carbocycles. The number of hydrogen-bond acceptors (Lipinski definition) is 2. The number of hydrazone groups is 1. The van der Waals surface area contributed by atoms with Crippen molar-refractivity contribution in [2.75, 3.05) is 5.32 Å². The first kappa shape index (κ1) is 17.7. The van der Waals surface area contributed by atoms with Crippen molar-refractivity contribution >= 4 is 40.3 Å². The van der Waals surface area contributed by atoms with Gasteiger partial charge in [-0.2, -0.15) is 5.10 Å². The van der Waals surface area contributed by atoms with E-state index in [4.69, 9.17) is 28.9 Å². The van der Waals surface area contributed by atoms with Crippen LogP contribution in [-0.2, 0) is 0 Å². The quantitative estimate of drug-likeness (QED) is 0.564. The minimum atomic E-state index is 0.0453. The van der Waals surface area contributed by atoms with Crippen LogP contribution < -0.4 is 5.32 Å². The van der Waals surface area contributed by atoms with Gasteiger partial charge in [-0.05, 0) is 47.6 Å². The molecule has 0 aromatic heterocycles. The molecule has 1 unspecified atom stereocenters. The van der Waals surface area contributed by atoms with Gasteiger partial charge in [0.05, 0.1) is 11.8 Å². The summed E-state index contributed by atoms with van der Waals surface area (Å²) in [5, 5.41) is 11.3. The third-order valence-corrected chi connectivity index (χ3v) is 5.01. The standard InChI is InChI=1S/C22H18ClN3S/c23-18-11-7-10-17(14-18)20-15-21(16-8-3-1-4-9-16)26(25-20)22(27)24-19-12-5-2-6-13-19/h1-14,21H,15H2,(H,24,27). The van der Waals surface area contributed by atoms with Gasteiger partial charge in [0.25, 0.3) is 0 Å². The molecule has 0 fully saturated rings. The molecule has 0 saturated carbocycles. The van der Waals surface area contributed by atoms with Gasteiger partial charge in [-0.1, -0.05) is 72.3 Å². The zero-order chi connectivity index (χ0) is 18.6. The first-order valence-electron chi connectivity index (χ1n) is 8.74. The minimum absolute atomic E-state index is 0.0453. The second-order valence-electron chi connectivity index (χ2n) is 6.33. The fourth-order valence-electron chi connectivity index (χ4n) is 3.18. The highest BCUT2D eigenvalue weighted by atomic mass is 35.5. The van der Waals surface area contributed by atoms with E-state index in [1.54, 1.807) is 0 Å². The number of halogens is 1. The molecule has 3 nitrogen and oxygen atoms in total. The highest BCUT2D eigenvalue weighted by Gasteiger charge is 2.31. The lowest BCUT2D eigenvalue weighted by molar-refractivity contribution is 0.375. The Morgan fingerprint density at radius 2 is 1.67 bits per heavy atom. The molecule has 134 valence electrons. The lowest BCUT2D eigenvalue weighted by Crippen LogP contribution is -2.31. The summed E-state index contributed by atoms with van der Waals surface area (Å²) in [5.41, 5.74) is 4.12. The fourth-order valence-corrected chi connectivity index (χ4v) is 3.65. The highest BCUT2D eigenvalue weighted by Crippen LogP contribution is 2.33. The lowest BCUT2D eigenvalue weighted by Gasteiger charge is -2.24. The predicted molar refractivity (Wildman–Crippen MR) is 116 cm³/mol. The second-order valence-corrected chi connectivity index (χ2v) is 7.15. The third kappa shape index (κ3) is 4.02. The summed E-state index contributed by atoms with van der Waals surface area (Å²) >= 11 is 11.9. The van der Waals surface area contributed by atoms with Crippen LogP contribution >= 0.6 is 23.8 Å². The SMILES string of the molecule is S=C(Nc1ccccc1)N1N=C(c2cccc(Cl)c2)CC1c1ccccc1. The molecule has 3 aromatic rings. The van der Waals surface area contributed by atoms with Gasteiger partial charge in [-0.25, -0.2) is 5.01 Å². The second kappa shape index (κ2) is 7.91. The van der Waals surface area contributed by atoms with E-state index in [1.807, 2.05) is 77.8 Å². The van der Waals surface area contributed by atoms with Gasteiger partial charge >= 0.3 is 0 Å². The van der Waals surface area contributed by atoms with Gasteiger partial charge in [0, 0.05) is 17.1 Å². The summed E-state index contributed by atoms with van der Waals surface area (Å²) < 4.78 is 0. The van der Waals surface area contributed by atoms with Gasteiger partial charge in [0.15, 0.2) is 5.11 Å². The maximum Gasteiger partial charge on any atom is 0.194 e. The van der Waals surface area contributed by atoms with Gasteiger partial charge < -0.3 is 5.32 Å². The summed E-state index contributed by atoms with van der Waals surface area (Å²) in [5.74, 6) is 0. The van der Waals surface area contributed by atoms with Gasteiger partial charge in [0.2, 0.25) is 0 Å². The average molecular weight is 392 g/mol. The normalized spacial score (nSPS) is 16.1. The van der Waals surface area contributed by atoms with Crippen LogP contribution in [-0.4, -0.2) is 15.8 Å². The molecular weight excluding hydrogens is 374 g/mol. The smallest absolute Gasteiger partial charge is 0.194 e. The Hall–Kier alpha value is -2.69. The predicted octanol–water partition coefficient (Wildman–Crippen LogP) is 5.89. The molecule has 1 atom stereocenters. The van der Waals surface area contributed by atoms with Crippen molar-refractivity contribution in [3.63, 3.8) is 0 Å². The number of thiocarbonyl (C=S) groups is 1. The topological polar surface area (TPSA) is 27.6 Å². The van der Waals surface area contributed by atoms with E-state index in [1.165, 1.54) is 5.56 Å². The van der Waals surface area contributed by atoms with Crippen LogP contribution in [0.5, 0.6) is 0 Å². The van der Waals surface area contributed by atoms with Crippen molar-refractivity contribution < 1.29 is 0 Å². The van der Waals surface area contributed by atoms with Gasteiger partial charge in [0.1, 0.15) is 0 Å². The minimum Gasteiger partial charge on any atom is -0.331 e. The molecule has 0 bridgehead atoms. The first-order chi connectivity index (χ1) is 13.2. The van der Waals surface area contributed by atoms with Crippen LogP contribution in [0.15, 0.2) is 90.0 Å². The van der Waals surface area contributed by atoms with Crippen LogP contribution in [0.3, 0.4) is 0 Å². The van der Waals surface area contributed by atoms with Gasteiger partial charge in [-0.3, -0.25) is 0 Å². The Balaban J connectivity index is 1.66. The van der Waals surface area contributed by atoms with E-state index in [9.17, 15) is 0 Å². The first-order valence-corrected chi connectivity index (χ1v) is 9.53. The maximum atomic E-state index is 6.18. The summed E-state index contributed by atoms with van der Waals surface area (Å²) in [7, 11) is 0. The van der Waals surface area contributed by atoms with Crippen LogP contribution in [0.1, 0.15) is 23.6 Å². The summed E-state index contributed by atoms with van der Waals surface area (Å²) in [6.07, 6.45) is 0.765. The Bertz CT molecular complexity index is 973. The largest absolute Gasteiger partial charge is 0.331 e. The molecule has 1 aliphatic rings. The van der Waals surface area contributed by atoms with Crippen LogP contribution in [0.2, 0.25) is 5.02 Å². The molecule has 0 amide bonds. The Morgan fingerprint density at radius 3 is 2.37 bits per heavy atom. The summed E-state index contributed by atoms with van der Waals surface area (Å²) in [6, 6.07) is 28.1. The van der Waals surface area contributed by atoms with Crippen LogP contribution in [0.4, 0.5) is 5.69 Å². The van der Waals surface area contributed by atoms with Gasteiger partial charge in [-0.15, -0.1) is 0 Å². The zero-order valence-corrected chi connectivity index (χ0v) is 16.1. The zero-order valence-electron chi connectivity index (χ0n) is 14.5. The van der Waals surface area contributed by atoms with Crippen LogP contribution in [0, 0.1) is 0 Å².